The second kappa shape index (κ2) is 6.74. The van der Waals surface area contributed by atoms with Crippen LogP contribution in [0.4, 0.5) is 0 Å². The molecule has 2 rings (SSSR count). The average molecular weight is 286 g/mol. The fourth-order valence-corrected chi connectivity index (χ4v) is 1.88. The van der Waals surface area contributed by atoms with Crippen molar-refractivity contribution in [3.8, 4) is 11.5 Å². The number of methoxy groups -OCH3 is 2. The smallest absolute Gasteiger partial charge is 0.189 e. The highest BCUT2D eigenvalue weighted by Gasteiger charge is 2.06. The van der Waals surface area contributed by atoms with Gasteiger partial charge in [0.05, 0.1) is 26.0 Å². The molecule has 0 spiro atoms. The van der Waals surface area contributed by atoms with Gasteiger partial charge in [-0.05, 0) is 31.2 Å². The summed E-state index contributed by atoms with van der Waals surface area (Å²) >= 11 is 0. The summed E-state index contributed by atoms with van der Waals surface area (Å²) in [6.07, 6.45) is 6.55. The van der Waals surface area contributed by atoms with E-state index in [0.717, 1.165) is 12.1 Å². The Labute approximate surface area is 123 Å². The summed E-state index contributed by atoms with van der Waals surface area (Å²) in [5.41, 5.74) is 1.38. The van der Waals surface area contributed by atoms with Gasteiger partial charge in [0.2, 0.25) is 0 Å². The van der Waals surface area contributed by atoms with Crippen LogP contribution in [0.15, 0.2) is 36.7 Å². The molecule has 0 atom stereocenters. The molecule has 0 radical (unpaired) electrons. The number of nitrogens with zero attached hydrogens (tertiary/aromatic N) is 2. The van der Waals surface area contributed by atoms with Crippen LogP contribution >= 0.6 is 0 Å². The summed E-state index contributed by atoms with van der Waals surface area (Å²) in [7, 11) is 3.18. The van der Waals surface area contributed by atoms with E-state index in [1.54, 1.807) is 43.4 Å². The van der Waals surface area contributed by atoms with Gasteiger partial charge in [-0.1, -0.05) is 0 Å². The summed E-state index contributed by atoms with van der Waals surface area (Å²) < 4.78 is 12.1. The third-order valence-electron chi connectivity index (χ3n) is 3.10. The fraction of sp³-hybridized carbons (Fsp3) is 0.250. The molecule has 0 saturated heterocycles. The Morgan fingerprint density at radius 3 is 2.76 bits per heavy atom. The molecule has 0 saturated carbocycles. The lowest BCUT2D eigenvalue weighted by Gasteiger charge is -2.07. The van der Waals surface area contributed by atoms with Gasteiger partial charge >= 0.3 is 0 Å². The zero-order valence-corrected chi connectivity index (χ0v) is 12.4. The molecule has 5 heteroatoms. The van der Waals surface area contributed by atoms with Crippen LogP contribution in [0.5, 0.6) is 11.5 Å². The summed E-state index contributed by atoms with van der Waals surface area (Å²) in [5.74, 6) is 1.27. The van der Waals surface area contributed by atoms with Crippen LogP contribution in [0.25, 0.3) is 6.08 Å². The van der Waals surface area contributed by atoms with Gasteiger partial charge in [-0.2, -0.15) is 5.10 Å². The van der Waals surface area contributed by atoms with Gasteiger partial charge in [-0.15, -0.1) is 0 Å². The van der Waals surface area contributed by atoms with E-state index >= 15 is 0 Å². The van der Waals surface area contributed by atoms with Gasteiger partial charge in [-0.3, -0.25) is 9.48 Å². The number of carbonyl (C=O) groups is 1. The zero-order chi connectivity index (χ0) is 15.2. The second-order valence-corrected chi connectivity index (χ2v) is 4.39. The molecule has 1 heterocycles. The number of carbonyl (C=O) groups excluding carboxylic acids is 1. The monoisotopic (exact) mass is 286 g/mol. The average Bonchev–Trinajstić information content (AvgIpc) is 3.01. The van der Waals surface area contributed by atoms with Crippen LogP contribution in [-0.4, -0.2) is 29.8 Å². The van der Waals surface area contributed by atoms with Gasteiger partial charge in [0.25, 0.3) is 0 Å². The molecular formula is C16H18N2O3. The van der Waals surface area contributed by atoms with Crippen molar-refractivity contribution in [2.24, 2.45) is 0 Å². The Kier molecular flexibility index (Phi) is 4.77. The Morgan fingerprint density at radius 1 is 1.33 bits per heavy atom. The molecule has 1 aromatic heterocycles. The second-order valence-electron chi connectivity index (χ2n) is 4.39. The molecule has 1 aromatic carbocycles. The van der Waals surface area contributed by atoms with Gasteiger partial charge in [0.1, 0.15) is 11.5 Å². The first kappa shape index (κ1) is 14.8. The number of aromatic nitrogens is 2. The van der Waals surface area contributed by atoms with Crippen molar-refractivity contribution in [3.05, 3.63) is 47.8 Å². The van der Waals surface area contributed by atoms with Crippen molar-refractivity contribution in [1.29, 1.82) is 0 Å². The minimum absolute atomic E-state index is 0.0902. The maximum Gasteiger partial charge on any atom is 0.189 e. The number of aryl methyl sites for hydroxylation is 1. The Morgan fingerprint density at radius 2 is 2.14 bits per heavy atom. The van der Waals surface area contributed by atoms with E-state index in [1.807, 2.05) is 19.1 Å². The van der Waals surface area contributed by atoms with Crippen molar-refractivity contribution < 1.29 is 14.3 Å². The number of allylic oxidation sites excluding steroid dienone is 1. The van der Waals surface area contributed by atoms with Crippen LogP contribution in [0, 0.1) is 0 Å². The number of hydrogen-bond donors (Lipinski definition) is 0. The number of ether oxygens (including phenoxy) is 2. The van der Waals surface area contributed by atoms with E-state index < -0.39 is 0 Å². The molecule has 0 aliphatic rings. The molecule has 2 aromatic rings. The maximum absolute atomic E-state index is 12.1. The number of benzene rings is 1. The lowest BCUT2D eigenvalue weighted by Crippen LogP contribution is -1.95. The third-order valence-corrected chi connectivity index (χ3v) is 3.10. The van der Waals surface area contributed by atoms with Crippen molar-refractivity contribution in [3.63, 3.8) is 0 Å². The number of rotatable bonds is 6. The van der Waals surface area contributed by atoms with Crippen LogP contribution in [0.1, 0.15) is 22.8 Å². The molecule has 0 N–H and O–H groups in total. The molecule has 0 aliphatic carbocycles. The van der Waals surface area contributed by atoms with Crippen LogP contribution in [0.3, 0.4) is 0 Å². The van der Waals surface area contributed by atoms with E-state index in [4.69, 9.17) is 9.47 Å². The first-order valence-corrected chi connectivity index (χ1v) is 6.64. The van der Waals surface area contributed by atoms with E-state index in [0.29, 0.717) is 17.1 Å². The van der Waals surface area contributed by atoms with Crippen LogP contribution < -0.4 is 9.47 Å². The summed E-state index contributed by atoms with van der Waals surface area (Å²) in [6.45, 7) is 2.71. The summed E-state index contributed by atoms with van der Waals surface area (Å²) in [6, 6.07) is 5.44. The van der Waals surface area contributed by atoms with Gasteiger partial charge < -0.3 is 9.47 Å². The normalized spacial score (nSPS) is 10.8. The predicted molar refractivity (Wildman–Crippen MR) is 80.8 cm³/mol. The quantitative estimate of drug-likeness (QED) is 0.605. The molecule has 21 heavy (non-hydrogen) atoms. The first-order valence-electron chi connectivity index (χ1n) is 6.64. The summed E-state index contributed by atoms with van der Waals surface area (Å²) in [4.78, 5) is 12.1. The Balaban J connectivity index is 2.18. The van der Waals surface area contributed by atoms with E-state index in [1.165, 1.54) is 6.08 Å². The molecule has 0 aliphatic heterocycles. The molecular weight excluding hydrogens is 268 g/mol. The largest absolute Gasteiger partial charge is 0.497 e. The lowest BCUT2D eigenvalue weighted by atomic mass is 10.1. The zero-order valence-electron chi connectivity index (χ0n) is 12.4. The van der Waals surface area contributed by atoms with Crippen molar-refractivity contribution >= 4 is 11.9 Å². The Bertz CT molecular complexity index is 659. The predicted octanol–water partition coefficient (Wildman–Crippen LogP) is 2.82. The van der Waals surface area contributed by atoms with Crippen molar-refractivity contribution in [2.75, 3.05) is 14.2 Å². The van der Waals surface area contributed by atoms with E-state index in [9.17, 15) is 4.79 Å². The minimum atomic E-state index is -0.0902. The number of hydrogen-bond acceptors (Lipinski definition) is 4. The standard InChI is InChI=1S/C16H18N2O3/c1-4-18-11-13(10-17-18)15(19)8-6-12-5-7-14(20-2)9-16(12)21-3/h5-11H,4H2,1-3H3/b8-6-. The van der Waals surface area contributed by atoms with Gasteiger partial charge in [0, 0.05) is 24.4 Å². The first-order chi connectivity index (χ1) is 10.2. The molecule has 0 amide bonds. The fourth-order valence-electron chi connectivity index (χ4n) is 1.88. The molecule has 0 fully saturated rings. The minimum Gasteiger partial charge on any atom is -0.497 e. The van der Waals surface area contributed by atoms with E-state index in [2.05, 4.69) is 5.10 Å². The molecule has 5 nitrogen and oxygen atoms in total. The molecule has 110 valence electrons. The SMILES string of the molecule is CCn1cc(C(=O)/C=C\c2ccc(OC)cc2OC)cn1. The highest BCUT2D eigenvalue weighted by molar-refractivity contribution is 6.06. The maximum atomic E-state index is 12.1. The van der Waals surface area contributed by atoms with Gasteiger partial charge in [0.15, 0.2) is 5.78 Å². The highest BCUT2D eigenvalue weighted by Crippen LogP contribution is 2.25. The Hall–Kier alpha value is -2.56. The third kappa shape index (κ3) is 3.51. The lowest BCUT2D eigenvalue weighted by molar-refractivity contribution is 0.104. The van der Waals surface area contributed by atoms with Gasteiger partial charge in [-0.25, -0.2) is 0 Å². The molecule has 0 unspecified atom stereocenters. The highest BCUT2D eigenvalue weighted by atomic mass is 16.5. The topological polar surface area (TPSA) is 53.4 Å². The van der Waals surface area contributed by atoms with Crippen molar-refractivity contribution in [1.82, 2.24) is 9.78 Å². The number of ketones is 1. The van der Waals surface area contributed by atoms with Crippen molar-refractivity contribution in [2.45, 2.75) is 13.5 Å². The van der Waals surface area contributed by atoms with E-state index in [-0.39, 0.29) is 5.78 Å². The summed E-state index contributed by atoms with van der Waals surface area (Å²) in [5, 5.41) is 4.09. The molecule has 0 bridgehead atoms. The van der Waals surface area contributed by atoms with Crippen LogP contribution in [0.2, 0.25) is 0 Å². The van der Waals surface area contributed by atoms with Crippen LogP contribution in [-0.2, 0) is 6.54 Å².